The smallest absolute Gasteiger partial charge is 0.231 e. The Morgan fingerprint density at radius 2 is 1.84 bits per heavy atom. The largest absolute Gasteiger partial charge is 0.369 e. The molecule has 19 heavy (non-hydrogen) atoms. The first-order chi connectivity index (χ1) is 8.85. The lowest BCUT2D eigenvalue weighted by atomic mass is 10.3. The van der Waals surface area contributed by atoms with Crippen molar-refractivity contribution in [3.05, 3.63) is 15.9 Å². The summed E-state index contributed by atoms with van der Waals surface area (Å²) in [6.45, 7) is 4.87. The van der Waals surface area contributed by atoms with Gasteiger partial charge in [0.2, 0.25) is 11.8 Å². The highest BCUT2D eigenvalue weighted by molar-refractivity contribution is 9.10. The number of nitrogens with two attached hydrogens (primary N) is 2. The van der Waals surface area contributed by atoms with E-state index in [-0.39, 0.29) is 13.1 Å². The summed E-state index contributed by atoms with van der Waals surface area (Å²) in [5.74, 6) is -1.01. The van der Waals surface area contributed by atoms with Crippen molar-refractivity contribution in [3.63, 3.8) is 0 Å². The molecule has 0 saturated heterocycles. The second-order valence-electron chi connectivity index (χ2n) is 4.24. The molecule has 8 heteroatoms. The number of carbonyl (C=O) groups excluding carboxylic acids is 2. The number of nitrogens with zero attached hydrogens (tertiary/aromatic N) is 3. The molecule has 1 heterocycles. The Morgan fingerprint density at radius 3 is 2.26 bits per heavy atom. The third-order valence-electron chi connectivity index (χ3n) is 2.59. The third kappa shape index (κ3) is 4.32. The van der Waals surface area contributed by atoms with Crippen LogP contribution in [0.3, 0.4) is 0 Å². The molecule has 0 spiro atoms. The maximum atomic E-state index is 11.0. The van der Waals surface area contributed by atoms with Gasteiger partial charge in [0, 0.05) is 13.1 Å². The average molecular weight is 332 g/mol. The molecule has 1 rings (SSSR count). The minimum Gasteiger partial charge on any atom is -0.369 e. The Kier molecular flexibility index (Phi) is 5.49. The summed E-state index contributed by atoms with van der Waals surface area (Å²) < 4.78 is 2.68. The molecule has 0 fully saturated rings. The highest BCUT2D eigenvalue weighted by Gasteiger charge is 2.18. The SMILES string of the molecule is CCn1nc(C)c(Br)c1CN(CC(N)=O)CC(N)=O. The van der Waals surface area contributed by atoms with Crippen molar-refractivity contribution in [1.29, 1.82) is 0 Å². The van der Waals surface area contributed by atoms with Crippen LogP contribution in [0.1, 0.15) is 18.3 Å². The lowest BCUT2D eigenvalue weighted by Crippen LogP contribution is -2.39. The fourth-order valence-electron chi connectivity index (χ4n) is 1.84. The normalized spacial score (nSPS) is 10.9. The molecule has 0 atom stereocenters. The van der Waals surface area contributed by atoms with E-state index in [9.17, 15) is 9.59 Å². The van der Waals surface area contributed by atoms with Crippen LogP contribution in [0.2, 0.25) is 0 Å². The van der Waals surface area contributed by atoms with Gasteiger partial charge in [-0.05, 0) is 29.8 Å². The average Bonchev–Trinajstić information content (AvgIpc) is 2.55. The zero-order valence-electron chi connectivity index (χ0n) is 11.0. The summed E-state index contributed by atoms with van der Waals surface area (Å²) in [7, 11) is 0. The van der Waals surface area contributed by atoms with Crippen molar-refractivity contribution in [2.45, 2.75) is 26.9 Å². The summed E-state index contributed by atoms with van der Waals surface area (Å²) in [5, 5.41) is 4.35. The molecule has 0 unspecified atom stereocenters. The minimum atomic E-state index is -0.503. The zero-order valence-corrected chi connectivity index (χ0v) is 12.6. The first-order valence-corrected chi connectivity index (χ1v) is 6.65. The molecule has 4 N–H and O–H groups in total. The quantitative estimate of drug-likeness (QED) is 0.718. The van der Waals surface area contributed by atoms with E-state index in [1.165, 1.54) is 0 Å². The lowest BCUT2D eigenvalue weighted by Gasteiger charge is -2.19. The van der Waals surface area contributed by atoms with Crippen LogP contribution in [0.15, 0.2) is 4.47 Å². The van der Waals surface area contributed by atoms with Crippen molar-refractivity contribution in [1.82, 2.24) is 14.7 Å². The van der Waals surface area contributed by atoms with E-state index < -0.39 is 11.8 Å². The fraction of sp³-hybridized carbons (Fsp3) is 0.545. The van der Waals surface area contributed by atoms with Gasteiger partial charge in [0.25, 0.3) is 0 Å². The van der Waals surface area contributed by atoms with Crippen molar-refractivity contribution in [2.75, 3.05) is 13.1 Å². The molecule has 0 aliphatic carbocycles. The summed E-state index contributed by atoms with van der Waals surface area (Å²) in [6, 6.07) is 0. The molecule has 0 radical (unpaired) electrons. The number of hydrogen-bond acceptors (Lipinski definition) is 4. The topological polar surface area (TPSA) is 107 Å². The van der Waals surface area contributed by atoms with Gasteiger partial charge < -0.3 is 11.5 Å². The Morgan fingerprint density at radius 1 is 1.32 bits per heavy atom. The van der Waals surface area contributed by atoms with E-state index in [2.05, 4.69) is 21.0 Å². The van der Waals surface area contributed by atoms with E-state index in [1.807, 2.05) is 18.5 Å². The number of halogens is 1. The molecule has 0 bridgehead atoms. The van der Waals surface area contributed by atoms with Crippen LogP contribution in [0.25, 0.3) is 0 Å². The summed E-state index contributed by atoms with van der Waals surface area (Å²) in [6.07, 6.45) is 0. The Bertz CT molecular complexity index is 470. The highest BCUT2D eigenvalue weighted by atomic mass is 79.9. The molecule has 0 aliphatic rings. The van der Waals surface area contributed by atoms with Crippen LogP contribution in [-0.4, -0.2) is 39.6 Å². The van der Waals surface area contributed by atoms with Crippen LogP contribution in [0.5, 0.6) is 0 Å². The molecule has 106 valence electrons. The molecule has 1 aromatic heterocycles. The third-order valence-corrected chi connectivity index (χ3v) is 3.62. The van der Waals surface area contributed by atoms with Crippen LogP contribution >= 0.6 is 15.9 Å². The van der Waals surface area contributed by atoms with Gasteiger partial charge in [0.15, 0.2) is 0 Å². The van der Waals surface area contributed by atoms with Crippen LogP contribution < -0.4 is 11.5 Å². The monoisotopic (exact) mass is 331 g/mol. The van der Waals surface area contributed by atoms with E-state index >= 15 is 0 Å². The lowest BCUT2D eigenvalue weighted by molar-refractivity contribution is -0.122. The number of primary amides is 2. The second-order valence-corrected chi connectivity index (χ2v) is 5.03. The summed E-state index contributed by atoms with van der Waals surface area (Å²) in [4.78, 5) is 23.6. The number of aromatic nitrogens is 2. The number of amides is 2. The van der Waals surface area contributed by atoms with Gasteiger partial charge in [-0.1, -0.05) is 0 Å². The van der Waals surface area contributed by atoms with E-state index in [0.29, 0.717) is 13.1 Å². The minimum absolute atomic E-state index is 0.0245. The fourth-order valence-corrected chi connectivity index (χ4v) is 2.25. The molecule has 2 amide bonds. The maximum absolute atomic E-state index is 11.0. The van der Waals surface area contributed by atoms with Gasteiger partial charge in [-0.15, -0.1) is 0 Å². The van der Waals surface area contributed by atoms with E-state index in [0.717, 1.165) is 15.9 Å². The van der Waals surface area contributed by atoms with Crippen molar-refractivity contribution in [2.24, 2.45) is 11.5 Å². The van der Waals surface area contributed by atoms with Crippen molar-refractivity contribution >= 4 is 27.7 Å². The number of aryl methyl sites for hydroxylation is 2. The van der Waals surface area contributed by atoms with E-state index in [1.54, 1.807) is 4.90 Å². The van der Waals surface area contributed by atoms with Crippen molar-refractivity contribution in [3.8, 4) is 0 Å². The summed E-state index contributed by atoms with van der Waals surface area (Å²) >= 11 is 3.46. The molecule has 0 aliphatic heterocycles. The van der Waals surface area contributed by atoms with Gasteiger partial charge in [0.05, 0.1) is 29.0 Å². The molecular weight excluding hydrogens is 314 g/mol. The van der Waals surface area contributed by atoms with Crippen LogP contribution in [0.4, 0.5) is 0 Å². The highest BCUT2D eigenvalue weighted by Crippen LogP contribution is 2.22. The molecular formula is C11H18BrN5O2. The van der Waals surface area contributed by atoms with Gasteiger partial charge >= 0.3 is 0 Å². The Hall–Kier alpha value is -1.41. The second kappa shape index (κ2) is 6.67. The number of carbonyl (C=O) groups is 2. The van der Waals surface area contributed by atoms with Gasteiger partial charge in [0.1, 0.15) is 0 Å². The van der Waals surface area contributed by atoms with Crippen LogP contribution in [0, 0.1) is 6.92 Å². The Labute approximate surface area is 120 Å². The van der Waals surface area contributed by atoms with Crippen molar-refractivity contribution < 1.29 is 9.59 Å². The maximum Gasteiger partial charge on any atom is 0.231 e. The summed E-state index contributed by atoms with van der Waals surface area (Å²) in [5.41, 5.74) is 12.1. The molecule has 0 aromatic carbocycles. The van der Waals surface area contributed by atoms with Gasteiger partial charge in [-0.25, -0.2) is 0 Å². The number of hydrogen-bond donors (Lipinski definition) is 2. The first-order valence-electron chi connectivity index (χ1n) is 5.85. The predicted molar refractivity (Wildman–Crippen MR) is 74.0 cm³/mol. The predicted octanol–water partition coefficient (Wildman–Crippen LogP) is -0.253. The van der Waals surface area contributed by atoms with E-state index in [4.69, 9.17) is 11.5 Å². The van der Waals surface area contributed by atoms with Gasteiger partial charge in [-0.3, -0.25) is 19.2 Å². The standard InChI is InChI=1S/C11H18BrN5O2/c1-3-17-8(11(12)7(2)15-17)4-16(5-9(13)18)6-10(14)19/h3-6H2,1-2H3,(H2,13,18)(H2,14,19). The first kappa shape index (κ1) is 15.6. The Balaban J connectivity index is 2.94. The zero-order chi connectivity index (χ0) is 14.6. The number of rotatable bonds is 7. The van der Waals surface area contributed by atoms with Gasteiger partial charge in [-0.2, -0.15) is 5.10 Å². The van der Waals surface area contributed by atoms with Crippen LogP contribution in [-0.2, 0) is 22.7 Å². The molecule has 1 aromatic rings. The molecule has 7 nitrogen and oxygen atoms in total. The molecule has 0 saturated carbocycles.